The van der Waals surface area contributed by atoms with Crippen molar-refractivity contribution in [3.05, 3.63) is 53.7 Å². The Labute approximate surface area is 196 Å². The van der Waals surface area contributed by atoms with Crippen molar-refractivity contribution in [2.24, 2.45) is 0 Å². The maximum absolute atomic E-state index is 13.1. The summed E-state index contributed by atoms with van der Waals surface area (Å²) in [5, 5.41) is 14.3. The Bertz CT molecular complexity index is 1230. The van der Waals surface area contributed by atoms with E-state index in [1.807, 2.05) is 32.0 Å². The Balaban J connectivity index is 1.57. The average molecular weight is 465 g/mol. The van der Waals surface area contributed by atoms with E-state index in [0.717, 1.165) is 22.2 Å². The zero-order valence-corrected chi connectivity index (χ0v) is 19.4. The molecule has 4 heterocycles. The van der Waals surface area contributed by atoms with E-state index in [0.29, 0.717) is 31.1 Å². The van der Waals surface area contributed by atoms with E-state index in [2.05, 4.69) is 20.3 Å². The maximum atomic E-state index is 13.1. The molecule has 2 aliphatic rings. The van der Waals surface area contributed by atoms with Gasteiger partial charge in [0.1, 0.15) is 11.4 Å². The van der Waals surface area contributed by atoms with Gasteiger partial charge in [-0.05, 0) is 31.5 Å². The van der Waals surface area contributed by atoms with E-state index in [-0.39, 0.29) is 24.6 Å². The molecule has 10 nitrogen and oxygen atoms in total. The number of urea groups is 1. The number of amides is 3. The lowest BCUT2D eigenvalue weighted by Gasteiger charge is -2.55. The molecule has 1 spiro atoms. The lowest BCUT2D eigenvalue weighted by Crippen LogP contribution is -2.68. The minimum atomic E-state index is -0.525. The molecular formula is C24H28N6O4. The molecule has 34 heavy (non-hydrogen) atoms. The second kappa shape index (κ2) is 8.28. The summed E-state index contributed by atoms with van der Waals surface area (Å²) in [5.74, 6) is 0.521. The number of aliphatic hydroxyl groups is 1. The largest absolute Gasteiger partial charge is 0.497 e. The highest BCUT2D eigenvalue weighted by Crippen LogP contribution is 2.48. The summed E-state index contributed by atoms with van der Waals surface area (Å²) in [5.41, 5.74) is 2.52. The van der Waals surface area contributed by atoms with Crippen molar-refractivity contribution in [1.82, 2.24) is 30.1 Å². The van der Waals surface area contributed by atoms with Crippen molar-refractivity contribution in [3.63, 3.8) is 0 Å². The fraction of sp³-hybridized carbons (Fsp3) is 0.417. The first-order valence-electron chi connectivity index (χ1n) is 11.3. The summed E-state index contributed by atoms with van der Waals surface area (Å²) in [6, 6.07) is 4.99. The number of hydrogen-bond acceptors (Lipinski definition) is 6. The number of hydrogen-bond donors (Lipinski definition) is 3. The minimum absolute atomic E-state index is 0.0488. The number of nitrogens with one attached hydrogen (secondary N) is 2. The van der Waals surface area contributed by atoms with Gasteiger partial charge in [-0.3, -0.25) is 9.78 Å². The van der Waals surface area contributed by atoms with E-state index in [9.17, 15) is 14.7 Å². The van der Waals surface area contributed by atoms with E-state index in [1.165, 1.54) is 18.6 Å². The Morgan fingerprint density at radius 1 is 1.29 bits per heavy atom. The smallest absolute Gasteiger partial charge is 0.318 e. The number of H-pyrrole nitrogens is 1. The molecule has 2 aromatic heterocycles. The topological polar surface area (TPSA) is 124 Å². The summed E-state index contributed by atoms with van der Waals surface area (Å²) >= 11 is 0. The predicted octanol–water partition coefficient (Wildman–Crippen LogP) is 1.83. The fourth-order valence-electron chi connectivity index (χ4n) is 5.21. The molecule has 0 saturated carbocycles. The summed E-state index contributed by atoms with van der Waals surface area (Å²) in [4.78, 5) is 41.1. The third-order valence-corrected chi connectivity index (χ3v) is 6.65. The molecule has 1 aromatic carbocycles. The first kappa shape index (κ1) is 22.1. The van der Waals surface area contributed by atoms with Gasteiger partial charge in [0.15, 0.2) is 0 Å². The van der Waals surface area contributed by atoms with Gasteiger partial charge in [0, 0.05) is 60.7 Å². The van der Waals surface area contributed by atoms with Crippen LogP contribution in [0.1, 0.15) is 41.6 Å². The van der Waals surface area contributed by atoms with Crippen LogP contribution >= 0.6 is 0 Å². The second-order valence-corrected chi connectivity index (χ2v) is 9.29. The monoisotopic (exact) mass is 464 g/mol. The van der Waals surface area contributed by atoms with Gasteiger partial charge in [-0.2, -0.15) is 0 Å². The van der Waals surface area contributed by atoms with Crippen LogP contribution in [-0.2, 0) is 5.41 Å². The average Bonchev–Trinajstić information content (AvgIpc) is 3.20. The minimum Gasteiger partial charge on any atom is -0.497 e. The molecule has 0 aliphatic carbocycles. The number of benzene rings is 1. The van der Waals surface area contributed by atoms with Crippen molar-refractivity contribution < 1.29 is 19.4 Å². The molecule has 0 radical (unpaired) electrons. The van der Waals surface area contributed by atoms with Crippen molar-refractivity contribution >= 4 is 22.8 Å². The number of nitrogens with zero attached hydrogens (tertiary/aromatic N) is 4. The van der Waals surface area contributed by atoms with Crippen LogP contribution in [0.5, 0.6) is 5.75 Å². The third kappa shape index (κ3) is 3.45. The number of aromatic nitrogens is 3. The zero-order chi connectivity index (χ0) is 24.0. The molecule has 3 aromatic rings. The van der Waals surface area contributed by atoms with Crippen molar-refractivity contribution in [2.75, 3.05) is 33.4 Å². The summed E-state index contributed by atoms with van der Waals surface area (Å²) in [7, 11) is 1.61. The molecule has 178 valence electrons. The number of aromatic amines is 1. The molecule has 0 unspecified atom stereocenters. The third-order valence-electron chi connectivity index (χ3n) is 6.65. The van der Waals surface area contributed by atoms with Gasteiger partial charge in [-0.15, -0.1) is 0 Å². The molecule has 3 amide bonds. The maximum Gasteiger partial charge on any atom is 0.318 e. The van der Waals surface area contributed by atoms with E-state index in [1.54, 1.807) is 16.9 Å². The van der Waals surface area contributed by atoms with Crippen LogP contribution in [0.3, 0.4) is 0 Å². The van der Waals surface area contributed by atoms with Gasteiger partial charge in [-0.25, -0.2) is 9.78 Å². The summed E-state index contributed by atoms with van der Waals surface area (Å²) in [6.45, 7) is 4.82. The molecule has 1 saturated heterocycles. The highest BCUT2D eigenvalue weighted by atomic mass is 16.5. The molecule has 5 rings (SSSR count). The first-order chi connectivity index (χ1) is 16.4. The highest BCUT2D eigenvalue weighted by molar-refractivity contribution is 5.94. The van der Waals surface area contributed by atoms with E-state index < -0.39 is 11.5 Å². The normalized spacial score (nSPS) is 18.7. The highest BCUT2D eigenvalue weighted by Gasteiger charge is 2.55. The molecular weight excluding hydrogens is 436 g/mol. The van der Waals surface area contributed by atoms with Crippen LogP contribution in [0.2, 0.25) is 0 Å². The van der Waals surface area contributed by atoms with Gasteiger partial charge in [0.2, 0.25) is 0 Å². The van der Waals surface area contributed by atoms with Crippen molar-refractivity contribution in [1.29, 1.82) is 0 Å². The van der Waals surface area contributed by atoms with Gasteiger partial charge in [0.05, 0.1) is 31.4 Å². The number of fused-ring (bicyclic) bond motifs is 4. The summed E-state index contributed by atoms with van der Waals surface area (Å²) < 4.78 is 5.39. The molecule has 3 N–H and O–H groups in total. The molecule has 0 bridgehead atoms. The Morgan fingerprint density at radius 3 is 2.74 bits per heavy atom. The van der Waals surface area contributed by atoms with Gasteiger partial charge >= 0.3 is 6.03 Å². The summed E-state index contributed by atoms with van der Waals surface area (Å²) in [6.07, 6.45) is 4.49. The number of ether oxygens (including phenoxy) is 1. The lowest BCUT2D eigenvalue weighted by molar-refractivity contribution is 0.0115. The first-order valence-corrected chi connectivity index (χ1v) is 11.3. The SMILES string of the molecule is COc1ccc2c3c([nH]c2c1)[C@H](CO)N(C(=O)NC(C)C)CC31CN(C(=O)c2cnccn2)C1. The molecule has 2 aliphatic heterocycles. The van der Waals surface area contributed by atoms with E-state index >= 15 is 0 Å². The number of carbonyl (C=O) groups is 2. The lowest BCUT2D eigenvalue weighted by atomic mass is 9.68. The van der Waals surface area contributed by atoms with E-state index in [4.69, 9.17) is 4.74 Å². The molecule has 10 heteroatoms. The number of carbonyl (C=O) groups excluding carboxylic acids is 2. The standard InChI is InChI=1S/C24H28N6O4/c1-14(2)27-23(33)30-13-24(11-29(12-24)22(32)18-9-25-6-7-26-18)20-16-5-4-15(34-3)8-17(16)28-21(20)19(30)10-31/h4-9,14,19,28,31H,10-13H2,1-3H3,(H,27,33)/t19-/m0/s1. The van der Waals surface area contributed by atoms with Gasteiger partial charge in [0.25, 0.3) is 5.91 Å². The van der Waals surface area contributed by atoms with Crippen LogP contribution in [0.25, 0.3) is 10.9 Å². The van der Waals surface area contributed by atoms with Crippen LogP contribution in [0.4, 0.5) is 4.79 Å². The van der Waals surface area contributed by atoms with Crippen molar-refractivity contribution in [3.8, 4) is 5.75 Å². The number of likely N-dealkylation sites (tertiary alicyclic amines) is 1. The van der Waals surface area contributed by atoms with Crippen LogP contribution in [0, 0.1) is 0 Å². The van der Waals surface area contributed by atoms with Crippen LogP contribution in [-0.4, -0.2) is 81.2 Å². The van der Waals surface area contributed by atoms with Crippen LogP contribution < -0.4 is 10.1 Å². The van der Waals surface area contributed by atoms with Gasteiger partial charge < -0.3 is 29.9 Å². The second-order valence-electron chi connectivity index (χ2n) is 9.29. The Kier molecular flexibility index (Phi) is 5.40. The Morgan fingerprint density at radius 2 is 2.09 bits per heavy atom. The van der Waals surface area contributed by atoms with Crippen molar-refractivity contribution in [2.45, 2.75) is 31.3 Å². The zero-order valence-electron chi connectivity index (χ0n) is 19.4. The molecule has 1 fully saturated rings. The van der Waals surface area contributed by atoms with Crippen LogP contribution in [0.15, 0.2) is 36.8 Å². The Hall–Kier alpha value is -3.66. The van der Waals surface area contributed by atoms with Gasteiger partial charge in [-0.1, -0.05) is 0 Å². The quantitative estimate of drug-likeness (QED) is 0.541. The fourth-order valence-corrected chi connectivity index (χ4v) is 5.21. The number of rotatable bonds is 4. The number of methoxy groups -OCH3 is 1. The molecule has 1 atom stereocenters. The predicted molar refractivity (Wildman–Crippen MR) is 125 cm³/mol. The number of aliphatic hydroxyl groups excluding tert-OH is 1.